The highest BCUT2D eigenvalue weighted by Gasteiger charge is 2.39. The lowest BCUT2D eigenvalue weighted by atomic mass is 10.2. The number of carbonyl (C=O) groups excluding carboxylic acids is 2. The van der Waals surface area contributed by atoms with Crippen molar-refractivity contribution in [1.29, 1.82) is 0 Å². The fraction of sp³-hybridized carbons (Fsp3) is 0.417. The third-order valence-electron chi connectivity index (χ3n) is 5.69. The van der Waals surface area contributed by atoms with Crippen LogP contribution >= 0.6 is 11.8 Å². The van der Waals surface area contributed by atoms with Crippen molar-refractivity contribution >= 4 is 29.4 Å². The maximum Gasteiger partial charge on any atom is 0.420 e. The van der Waals surface area contributed by atoms with E-state index in [1.807, 2.05) is 44.2 Å². The van der Waals surface area contributed by atoms with E-state index in [-0.39, 0.29) is 29.2 Å². The first-order valence-corrected chi connectivity index (χ1v) is 12.4. The molecule has 36 heavy (non-hydrogen) atoms. The Morgan fingerprint density at radius 3 is 2.61 bits per heavy atom. The van der Waals surface area contributed by atoms with E-state index in [2.05, 4.69) is 15.5 Å². The van der Waals surface area contributed by atoms with Gasteiger partial charge in [-0.3, -0.25) is 9.20 Å². The monoisotopic (exact) mass is 521 g/mol. The molecule has 2 unspecified atom stereocenters. The van der Waals surface area contributed by atoms with Crippen molar-refractivity contribution in [1.82, 2.24) is 24.8 Å². The van der Waals surface area contributed by atoms with E-state index in [1.165, 1.54) is 28.4 Å². The van der Waals surface area contributed by atoms with Gasteiger partial charge in [-0.15, -0.1) is 22.0 Å². The van der Waals surface area contributed by atoms with Gasteiger partial charge < -0.3 is 15.0 Å². The van der Waals surface area contributed by atoms with Crippen LogP contribution in [-0.4, -0.2) is 48.7 Å². The van der Waals surface area contributed by atoms with Crippen LogP contribution in [0.2, 0.25) is 0 Å². The number of benzene rings is 1. The lowest BCUT2D eigenvalue weighted by molar-refractivity contribution is -0.136. The second-order valence-electron chi connectivity index (χ2n) is 8.63. The highest BCUT2D eigenvalue weighted by atomic mass is 32.2. The Morgan fingerprint density at radius 2 is 1.92 bits per heavy atom. The van der Waals surface area contributed by atoms with Crippen molar-refractivity contribution in [2.75, 3.05) is 6.54 Å². The summed E-state index contributed by atoms with van der Waals surface area (Å²) in [7, 11) is 0. The van der Waals surface area contributed by atoms with Crippen molar-refractivity contribution in [2.24, 2.45) is 0 Å². The van der Waals surface area contributed by atoms with Gasteiger partial charge in [0, 0.05) is 18.0 Å². The Hall–Kier alpha value is -3.28. The predicted octanol–water partition coefficient (Wildman–Crippen LogP) is 4.81. The van der Waals surface area contributed by atoms with Crippen LogP contribution in [-0.2, 0) is 22.3 Å². The largest absolute Gasteiger partial charge is 0.445 e. The quantitative estimate of drug-likeness (QED) is 0.449. The van der Waals surface area contributed by atoms with E-state index in [1.54, 1.807) is 4.90 Å². The number of alkyl carbamates (subject to hydrolysis) is 1. The fourth-order valence-electron chi connectivity index (χ4n) is 4.13. The Labute approximate surface area is 210 Å². The van der Waals surface area contributed by atoms with Crippen LogP contribution in [0, 0.1) is 0 Å². The highest BCUT2D eigenvalue weighted by molar-refractivity contribution is 8.01. The third-order valence-corrected chi connectivity index (χ3v) is 6.83. The summed E-state index contributed by atoms with van der Waals surface area (Å²) in [4.78, 5) is 27.6. The number of halogens is 3. The normalized spacial score (nSPS) is 16.9. The number of ether oxygens (including phenoxy) is 1. The van der Waals surface area contributed by atoms with Crippen molar-refractivity contribution in [3.63, 3.8) is 0 Å². The number of carbonyl (C=O) groups is 2. The minimum atomic E-state index is -4.58. The van der Waals surface area contributed by atoms with Gasteiger partial charge in [-0.05, 0) is 30.5 Å². The molecule has 3 heterocycles. The Kier molecular flexibility index (Phi) is 7.72. The molecule has 192 valence electrons. The number of rotatable bonds is 7. The van der Waals surface area contributed by atoms with Crippen LogP contribution in [0.5, 0.6) is 0 Å². The molecule has 1 fully saturated rings. The summed E-state index contributed by atoms with van der Waals surface area (Å²) >= 11 is 1.26. The topological polar surface area (TPSA) is 88.8 Å². The standard InChI is InChI=1S/C24H26F3N5O3S/c1-15(2)36-21(28-23(34)35-14-16-8-4-3-5-9-16)22(33)31-12-7-11-18(31)20-30-29-19-17(24(25,26)27)10-6-13-32(19)20/h3-6,8-10,13,15,18,21H,7,11-12,14H2,1-2H3,(H,28,34). The minimum absolute atomic E-state index is 0.0118. The highest BCUT2D eigenvalue weighted by Crippen LogP contribution is 2.36. The maximum absolute atomic E-state index is 13.6. The van der Waals surface area contributed by atoms with Gasteiger partial charge in [0.05, 0.1) is 6.04 Å². The number of pyridine rings is 1. The van der Waals surface area contributed by atoms with Crippen molar-refractivity contribution < 1.29 is 27.5 Å². The number of aromatic nitrogens is 3. The number of hydrogen-bond acceptors (Lipinski definition) is 6. The second kappa shape index (κ2) is 10.8. The van der Waals surface area contributed by atoms with Crippen molar-refractivity contribution in [3.05, 3.63) is 65.6 Å². The van der Waals surface area contributed by atoms with E-state index >= 15 is 0 Å². The molecule has 0 aliphatic carbocycles. The number of fused-ring (bicyclic) bond motifs is 1. The van der Waals surface area contributed by atoms with Crippen LogP contribution in [0.4, 0.5) is 18.0 Å². The first-order chi connectivity index (χ1) is 17.1. The van der Waals surface area contributed by atoms with Gasteiger partial charge in [-0.25, -0.2) is 4.79 Å². The van der Waals surface area contributed by atoms with Gasteiger partial charge in [0.15, 0.2) is 16.8 Å². The lowest BCUT2D eigenvalue weighted by Gasteiger charge is -2.28. The molecule has 1 N–H and O–H groups in total. The van der Waals surface area contributed by atoms with E-state index in [0.717, 1.165) is 11.6 Å². The SMILES string of the molecule is CC(C)SC(NC(=O)OCc1ccccc1)C(=O)N1CCCC1c1nnc2c(C(F)(F)F)cccn12. The van der Waals surface area contributed by atoms with Crippen LogP contribution < -0.4 is 5.32 Å². The van der Waals surface area contributed by atoms with Gasteiger partial charge in [0.2, 0.25) is 0 Å². The van der Waals surface area contributed by atoms with Crippen molar-refractivity contribution in [2.45, 2.75) is 56.1 Å². The molecule has 0 bridgehead atoms. The molecule has 1 aliphatic heterocycles. The first kappa shape index (κ1) is 25.8. The summed E-state index contributed by atoms with van der Waals surface area (Å²) < 4.78 is 46.9. The van der Waals surface area contributed by atoms with Crippen molar-refractivity contribution in [3.8, 4) is 0 Å². The van der Waals surface area contributed by atoms with E-state index in [0.29, 0.717) is 19.4 Å². The molecular formula is C24H26F3N5O3S. The number of hydrogen-bond donors (Lipinski definition) is 1. The molecule has 12 heteroatoms. The lowest BCUT2D eigenvalue weighted by Crippen LogP contribution is -2.47. The third kappa shape index (κ3) is 5.75. The molecular weight excluding hydrogens is 495 g/mol. The molecule has 1 aromatic carbocycles. The van der Waals surface area contributed by atoms with E-state index < -0.39 is 29.2 Å². The summed E-state index contributed by atoms with van der Waals surface area (Å²) in [5, 5.41) is 9.53. The molecule has 2 atom stereocenters. The van der Waals surface area contributed by atoms with Crippen LogP contribution in [0.15, 0.2) is 48.7 Å². The molecule has 2 amide bonds. The number of likely N-dealkylation sites (tertiary alicyclic amines) is 1. The fourth-order valence-corrected chi connectivity index (χ4v) is 5.09. The number of nitrogens with one attached hydrogen (secondary N) is 1. The molecule has 1 saturated heterocycles. The summed E-state index contributed by atoms with van der Waals surface area (Å²) in [6.07, 6.45) is -2.70. The Bertz CT molecular complexity index is 1220. The van der Waals surface area contributed by atoms with Crippen LogP contribution in [0.25, 0.3) is 5.65 Å². The number of alkyl halides is 3. The summed E-state index contributed by atoms with van der Waals surface area (Å²) in [6, 6.07) is 10.8. The van der Waals surface area contributed by atoms with Gasteiger partial charge >= 0.3 is 12.3 Å². The molecule has 2 aromatic heterocycles. The smallest absolute Gasteiger partial charge is 0.420 e. The molecule has 0 radical (unpaired) electrons. The van der Waals surface area contributed by atoms with Crippen LogP contribution in [0.3, 0.4) is 0 Å². The number of thioether (sulfide) groups is 1. The van der Waals surface area contributed by atoms with Gasteiger partial charge in [0.25, 0.3) is 5.91 Å². The zero-order chi connectivity index (χ0) is 25.9. The van der Waals surface area contributed by atoms with Gasteiger partial charge in [0.1, 0.15) is 12.2 Å². The summed E-state index contributed by atoms with van der Waals surface area (Å²) in [5.41, 5.74) is -0.394. The zero-order valence-corrected chi connectivity index (χ0v) is 20.6. The molecule has 0 saturated carbocycles. The summed E-state index contributed by atoms with van der Waals surface area (Å²) in [6.45, 7) is 4.23. The van der Waals surface area contributed by atoms with Gasteiger partial charge in [-0.1, -0.05) is 44.2 Å². The van der Waals surface area contributed by atoms with E-state index in [9.17, 15) is 22.8 Å². The zero-order valence-electron chi connectivity index (χ0n) is 19.7. The first-order valence-electron chi connectivity index (χ1n) is 11.5. The second-order valence-corrected chi connectivity index (χ2v) is 10.3. The maximum atomic E-state index is 13.6. The predicted molar refractivity (Wildman–Crippen MR) is 128 cm³/mol. The van der Waals surface area contributed by atoms with Gasteiger partial charge in [-0.2, -0.15) is 13.2 Å². The molecule has 0 spiro atoms. The molecule has 1 aliphatic rings. The summed E-state index contributed by atoms with van der Waals surface area (Å²) in [5.74, 6) is -0.113. The van der Waals surface area contributed by atoms with Crippen LogP contribution in [0.1, 0.15) is 49.7 Å². The minimum Gasteiger partial charge on any atom is -0.445 e. The Morgan fingerprint density at radius 1 is 1.17 bits per heavy atom. The molecule has 3 aromatic rings. The average Bonchev–Trinajstić information content (AvgIpc) is 3.48. The average molecular weight is 522 g/mol. The number of amides is 2. The number of nitrogens with zero attached hydrogens (tertiary/aromatic N) is 4. The van der Waals surface area contributed by atoms with E-state index in [4.69, 9.17) is 4.74 Å². The Balaban J connectivity index is 1.53. The molecule has 4 rings (SSSR count). The molecule has 8 nitrogen and oxygen atoms in total.